The van der Waals surface area contributed by atoms with Gasteiger partial charge >= 0.3 is 0 Å². The Morgan fingerprint density at radius 3 is 2.40 bits per heavy atom. The largest absolute Gasteiger partial charge is 0.487 e. The number of para-hydroxylation sites is 2. The van der Waals surface area contributed by atoms with Crippen molar-refractivity contribution in [2.45, 2.75) is 6.61 Å². The van der Waals surface area contributed by atoms with Crippen LogP contribution in [0.15, 0.2) is 53.9 Å². The molecule has 3 nitrogen and oxygen atoms in total. The van der Waals surface area contributed by atoms with Gasteiger partial charge in [-0.3, -0.25) is 4.79 Å². The van der Waals surface area contributed by atoms with Crippen molar-refractivity contribution in [1.29, 1.82) is 0 Å². The molecule has 1 amide bonds. The van der Waals surface area contributed by atoms with Gasteiger partial charge in [0.05, 0.1) is 25.6 Å². The fourth-order valence-corrected chi connectivity index (χ4v) is 3.56. The minimum absolute atomic E-state index is 0.274. The average Bonchev–Trinajstić information content (AvgIpc) is 3.06. The summed E-state index contributed by atoms with van der Waals surface area (Å²) < 4.78 is 5.67. The van der Waals surface area contributed by atoms with E-state index in [0.717, 1.165) is 5.56 Å². The number of halogens is 3. The first-order valence-electron chi connectivity index (χ1n) is 7.24. The highest BCUT2D eigenvalue weighted by Crippen LogP contribution is 2.31. The van der Waals surface area contributed by atoms with Gasteiger partial charge in [0.2, 0.25) is 0 Å². The van der Waals surface area contributed by atoms with Crippen molar-refractivity contribution >= 4 is 57.7 Å². The number of carbonyl (C=O) groups excluding carboxylic acids is 1. The molecule has 0 spiro atoms. The van der Waals surface area contributed by atoms with Gasteiger partial charge in [-0.25, -0.2) is 0 Å². The first-order chi connectivity index (χ1) is 12.0. The minimum atomic E-state index is -0.274. The fourth-order valence-electron chi connectivity index (χ4n) is 2.09. The van der Waals surface area contributed by atoms with E-state index in [9.17, 15) is 4.79 Å². The molecule has 128 valence electrons. The molecular formula is C18H12Cl3NO2S. The third kappa shape index (κ3) is 4.47. The van der Waals surface area contributed by atoms with Crippen molar-refractivity contribution < 1.29 is 9.53 Å². The molecule has 0 fully saturated rings. The molecular weight excluding hydrogens is 401 g/mol. The Bertz CT molecular complexity index is 891. The van der Waals surface area contributed by atoms with E-state index in [1.54, 1.807) is 36.4 Å². The van der Waals surface area contributed by atoms with Crippen LogP contribution in [0.4, 0.5) is 5.69 Å². The molecule has 0 bridgehead atoms. The maximum absolute atomic E-state index is 12.4. The Hall–Kier alpha value is -1.72. The zero-order valence-corrected chi connectivity index (χ0v) is 15.8. The van der Waals surface area contributed by atoms with Gasteiger partial charge in [0.25, 0.3) is 5.91 Å². The number of ether oxygens (including phenoxy) is 1. The van der Waals surface area contributed by atoms with Crippen LogP contribution < -0.4 is 10.1 Å². The molecule has 0 saturated heterocycles. The standard InChI is InChI=1S/C18H12Cl3NO2S/c19-12-4-1-2-7-15(12)24-9-11-8-16(25-10-11)18(23)22-17-13(20)5-3-6-14(17)21/h1-8,10H,9H2,(H,22,23). The van der Waals surface area contributed by atoms with Crippen molar-refractivity contribution in [3.63, 3.8) is 0 Å². The normalized spacial score (nSPS) is 10.5. The number of anilines is 1. The number of hydrogen-bond donors (Lipinski definition) is 1. The summed E-state index contributed by atoms with van der Waals surface area (Å²) in [4.78, 5) is 12.9. The summed E-state index contributed by atoms with van der Waals surface area (Å²) in [6.07, 6.45) is 0. The molecule has 1 heterocycles. The molecule has 0 radical (unpaired) electrons. The van der Waals surface area contributed by atoms with E-state index in [1.807, 2.05) is 17.5 Å². The van der Waals surface area contributed by atoms with Crippen LogP contribution in [0, 0.1) is 0 Å². The highest BCUT2D eigenvalue weighted by atomic mass is 35.5. The molecule has 1 aromatic heterocycles. The number of amides is 1. The zero-order chi connectivity index (χ0) is 17.8. The fraction of sp³-hybridized carbons (Fsp3) is 0.0556. The molecule has 0 aliphatic carbocycles. The van der Waals surface area contributed by atoms with Gasteiger partial charge in [-0.15, -0.1) is 11.3 Å². The van der Waals surface area contributed by atoms with Crippen LogP contribution in [0.5, 0.6) is 5.75 Å². The SMILES string of the molecule is O=C(Nc1c(Cl)cccc1Cl)c1cc(COc2ccccc2Cl)cs1. The van der Waals surface area contributed by atoms with E-state index in [4.69, 9.17) is 39.5 Å². The molecule has 3 aromatic rings. The number of nitrogens with one attached hydrogen (secondary N) is 1. The maximum Gasteiger partial charge on any atom is 0.265 e. The van der Waals surface area contributed by atoms with Crippen LogP contribution in [-0.2, 0) is 6.61 Å². The first-order valence-corrected chi connectivity index (χ1v) is 9.26. The van der Waals surface area contributed by atoms with E-state index < -0.39 is 0 Å². The van der Waals surface area contributed by atoms with Crippen LogP contribution in [0.25, 0.3) is 0 Å². The Morgan fingerprint density at radius 2 is 1.68 bits per heavy atom. The summed E-state index contributed by atoms with van der Waals surface area (Å²) in [5, 5.41) is 5.92. The lowest BCUT2D eigenvalue weighted by atomic mass is 10.3. The van der Waals surface area contributed by atoms with Gasteiger partial charge in [0.15, 0.2) is 0 Å². The molecule has 0 aliphatic rings. The summed E-state index contributed by atoms with van der Waals surface area (Å²) in [6.45, 7) is 0.320. The Labute approximate surface area is 164 Å². The lowest BCUT2D eigenvalue weighted by Crippen LogP contribution is -2.11. The van der Waals surface area contributed by atoms with Crippen LogP contribution in [0.2, 0.25) is 15.1 Å². The van der Waals surface area contributed by atoms with E-state index >= 15 is 0 Å². The van der Waals surface area contributed by atoms with E-state index in [0.29, 0.717) is 38.0 Å². The van der Waals surface area contributed by atoms with Gasteiger partial charge in [0, 0.05) is 5.56 Å². The predicted octanol–water partition coefficient (Wildman–Crippen LogP) is 6.54. The van der Waals surface area contributed by atoms with Crippen molar-refractivity contribution in [2.24, 2.45) is 0 Å². The zero-order valence-electron chi connectivity index (χ0n) is 12.8. The van der Waals surface area contributed by atoms with Crippen molar-refractivity contribution in [1.82, 2.24) is 0 Å². The summed E-state index contributed by atoms with van der Waals surface area (Å²) in [7, 11) is 0. The molecule has 0 aliphatic heterocycles. The van der Waals surface area contributed by atoms with Crippen LogP contribution in [0.3, 0.4) is 0 Å². The molecule has 3 rings (SSSR count). The predicted molar refractivity (Wildman–Crippen MR) is 105 cm³/mol. The first kappa shape index (κ1) is 18.1. The summed E-state index contributed by atoms with van der Waals surface area (Å²) in [5.74, 6) is 0.327. The molecule has 25 heavy (non-hydrogen) atoms. The summed E-state index contributed by atoms with van der Waals surface area (Å²) in [6, 6.07) is 14.1. The lowest BCUT2D eigenvalue weighted by molar-refractivity contribution is 0.103. The van der Waals surface area contributed by atoms with Gasteiger partial charge in [-0.1, -0.05) is 53.0 Å². The summed E-state index contributed by atoms with van der Waals surface area (Å²) >= 11 is 19.5. The molecule has 7 heteroatoms. The maximum atomic E-state index is 12.4. The Morgan fingerprint density at radius 1 is 1.00 bits per heavy atom. The Kier molecular flexibility index (Phi) is 5.86. The third-order valence-electron chi connectivity index (χ3n) is 3.31. The summed E-state index contributed by atoms with van der Waals surface area (Å²) in [5.41, 5.74) is 1.28. The monoisotopic (exact) mass is 411 g/mol. The van der Waals surface area contributed by atoms with Crippen molar-refractivity contribution in [3.8, 4) is 5.75 Å². The van der Waals surface area contributed by atoms with E-state index in [2.05, 4.69) is 5.32 Å². The van der Waals surface area contributed by atoms with Gasteiger partial charge in [-0.2, -0.15) is 0 Å². The lowest BCUT2D eigenvalue weighted by Gasteiger charge is -2.08. The highest BCUT2D eigenvalue weighted by molar-refractivity contribution is 7.12. The molecule has 2 aromatic carbocycles. The number of rotatable bonds is 5. The highest BCUT2D eigenvalue weighted by Gasteiger charge is 2.14. The van der Waals surface area contributed by atoms with Crippen molar-refractivity contribution in [3.05, 3.63) is 79.4 Å². The van der Waals surface area contributed by atoms with Crippen molar-refractivity contribution in [2.75, 3.05) is 5.32 Å². The smallest absolute Gasteiger partial charge is 0.265 e. The second-order valence-corrected chi connectivity index (χ2v) is 7.22. The van der Waals surface area contributed by atoms with E-state index in [-0.39, 0.29) is 5.91 Å². The van der Waals surface area contributed by atoms with Crippen LogP contribution >= 0.6 is 46.1 Å². The average molecular weight is 413 g/mol. The van der Waals surface area contributed by atoms with Gasteiger partial charge < -0.3 is 10.1 Å². The van der Waals surface area contributed by atoms with Crippen LogP contribution in [-0.4, -0.2) is 5.91 Å². The second-order valence-electron chi connectivity index (χ2n) is 5.09. The topological polar surface area (TPSA) is 38.3 Å². The second kappa shape index (κ2) is 8.11. The molecule has 0 unspecified atom stereocenters. The van der Waals surface area contributed by atoms with E-state index in [1.165, 1.54) is 11.3 Å². The molecule has 0 atom stereocenters. The Balaban J connectivity index is 1.67. The number of carbonyl (C=O) groups is 1. The van der Waals surface area contributed by atoms with Gasteiger partial charge in [-0.05, 0) is 35.7 Å². The third-order valence-corrected chi connectivity index (χ3v) is 5.23. The van der Waals surface area contributed by atoms with Gasteiger partial charge in [0.1, 0.15) is 12.4 Å². The van der Waals surface area contributed by atoms with Crippen LogP contribution in [0.1, 0.15) is 15.2 Å². The molecule has 1 N–H and O–H groups in total. The quantitative estimate of drug-likeness (QED) is 0.516. The minimum Gasteiger partial charge on any atom is -0.487 e. The molecule has 0 saturated carbocycles. The number of hydrogen-bond acceptors (Lipinski definition) is 3. The number of benzene rings is 2. The number of thiophene rings is 1.